The molecular formula is C16H20O. The number of fused-ring (bicyclic) bond motifs is 1. The SMILES string of the molecule is Cc1ccc(C)c2c1CC1(CCCC1)CC2=O. The Balaban J connectivity index is 2.12. The summed E-state index contributed by atoms with van der Waals surface area (Å²) in [6.45, 7) is 4.22. The molecular weight excluding hydrogens is 208 g/mol. The summed E-state index contributed by atoms with van der Waals surface area (Å²) in [7, 11) is 0. The predicted molar refractivity (Wildman–Crippen MR) is 69.5 cm³/mol. The molecule has 0 heterocycles. The van der Waals surface area contributed by atoms with Gasteiger partial charge >= 0.3 is 0 Å². The van der Waals surface area contributed by atoms with Crippen molar-refractivity contribution in [1.82, 2.24) is 0 Å². The molecule has 1 spiro atoms. The third-order valence-corrected chi connectivity index (χ3v) is 4.79. The first kappa shape index (κ1) is 11.0. The number of Topliss-reactive ketones (excluding diaryl/α,β-unsaturated/α-hetero) is 1. The molecule has 0 radical (unpaired) electrons. The van der Waals surface area contributed by atoms with E-state index in [0.717, 1.165) is 18.4 Å². The maximum absolute atomic E-state index is 12.4. The maximum atomic E-state index is 12.4. The summed E-state index contributed by atoms with van der Waals surface area (Å²) in [6.07, 6.45) is 7.07. The zero-order chi connectivity index (χ0) is 12.0. The summed E-state index contributed by atoms with van der Waals surface area (Å²) in [5, 5.41) is 0. The number of hydrogen-bond donors (Lipinski definition) is 0. The number of rotatable bonds is 0. The second-order valence-corrected chi connectivity index (χ2v) is 6.04. The van der Waals surface area contributed by atoms with Crippen molar-refractivity contribution >= 4 is 5.78 Å². The van der Waals surface area contributed by atoms with Crippen LogP contribution >= 0.6 is 0 Å². The van der Waals surface area contributed by atoms with Crippen molar-refractivity contribution < 1.29 is 4.79 Å². The van der Waals surface area contributed by atoms with E-state index in [1.165, 1.54) is 42.4 Å². The Labute approximate surface area is 103 Å². The fourth-order valence-electron chi connectivity index (χ4n) is 3.83. The lowest BCUT2D eigenvalue weighted by atomic mass is 9.68. The molecule has 17 heavy (non-hydrogen) atoms. The molecule has 1 aromatic carbocycles. The van der Waals surface area contributed by atoms with Crippen LogP contribution in [0.4, 0.5) is 0 Å². The average molecular weight is 228 g/mol. The highest BCUT2D eigenvalue weighted by molar-refractivity contribution is 6.00. The van der Waals surface area contributed by atoms with E-state index in [1.807, 2.05) is 0 Å². The molecule has 1 nitrogen and oxygen atoms in total. The molecule has 0 atom stereocenters. The van der Waals surface area contributed by atoms with Crippen LogP contribution in [-0.2, 0) is 6.42 Å². The second kappa shape index (κ2) is 3.69. The zero-order valence-electron chi connectivity index (χ0n) is 10.8. The fourth-order valence-corrected chi connectivity index (χ4v) is 3.83. The Morgan fingerprint density at radius 2 is 1.65 bits per heavy atom. The largest absolute Gasteiger partial charge is 0.294 e. The second-order valence-electron chi connectivity index (χ2n) is 6.04. The summed E-state index contributed by atoms with van der Waals surface area (Å²) in [5.74, 6) is 0.398. The molecule has 0 amide bonds. The molecule has 0 aromatic heterocycles. The average Bonchev–Trinajstić information content (AvgIpc) is 2.71. The van der Waals surface area contributed by atoms with Gasteiger partial charge in [-0.1, -0.05) is 25.0 Å². The van der Waals surface area contributed by atoms with E-state index in [4.69, 9.17) is 0 Å². The smallest absolute Gasteiger partial charge is 0.163 e. The van der Waals surface area contributed by atoms with Gasteiger partial charge in [0.25, 0.3) is 0 Å². The van der Waals surface area contributed by atoms with E-state index in [9.17, 15) is 4.79 Å². The molecule has 1 aromatic rings. The maximum Gasteiger partial charge on any atom is 0.163 e. The Morgan fingerprint density at radius 3 is 2.35 bits per heavy atom. The molecule has 2 aliphatic carbocycles. The van der Waals surface area contributed by atoms with Crippen molar-refractivity contribution in [3.05, 3.63) is 34.4 Å². The van der Waals surface area contributed by atoms with Crippen LogP contribution in [0.2, 0.25) is 0 Å². The third kappa shape index (κ3) is 1.64. The van der Waals surface area contributed by atoms with Crippen molar-refractivity contribution in [2.45, 2.75) is 52.4 Å². The molecule has 0 bridgehead atoms. The van der Waals surface area contributed by atoms with E-state index < -0.39 is 0 Å². The predicted octanol–water partition coefficient (Wildman–Crippen LogP) is 3.99. The van der Waals surface area contributed by atoms with E-state index in [-0.39, 0.29) is 0 Å². The number of hydrogen-bond acceptors (Lipinski definition) is 1. The molecule has 3 rings (SSSR count). The van der Waals surface area contributed by atoms with Gasteiger partial charge in [-0.3, -0.25) is 4.79 Å². The van der Waals surface area contributed by atoms with E-state index in [1.54, 1.807) is 0 Å². The van der Waals surface area contributed by atoms with Crippen LogP contribution < -0.4 is 0 Å². The van der Waals surface area contributed by atoms with Gasteiger partial charge in [0.15, 0.2) is 5.78 Å². The first-order valence-electron chi connectivity index (χ1n) is 6.74. The van der Waals surface area contributed by atoms with Crippen molar-refractivity contribution in [2.75, 3.05) is 0 Å². The number of carbonyl (C=O) groups excluding carboxylic acids is 1. The van der Waals surface area contributed by atoms with Crippen LogP contribution in [0.5, 0.6) is 0 Å². The van der Waals surface area contributed by atoms with Crippen LogP contribution in [0.1, 0.15) is 59.2 Å². The first-order chi connectivity index (χ1) is 8.11. The zero-order valence-corrected chi connectivity index (χ0v) is 10.8. The standard InChI is InChI=1S/C16H20O/c1-11-5-6-12(2)15-13(11)9-16(10-14(15)17)7-3-4-8-16/h5-6H,3-4,7-10H2,1-2H3. The summed E-state index contributed by atoms with van der Waals surface area (Å²) in [6, 6.07) is 4.27. The molecule has 0 unspecified atom stereocenters. The van der Waals surface area contributed by atoms with E-state index >= 15 is 0 Å². The third-order valence-electron chi connectivity index (χ3n) is 4.79. The van der Waals surface area contributed by atoms with Crippen LogP contribution in [0.3, 0.4) is 0 Å². The van der Waals surface area contributed by atoms with Gasteiger partial charge < -0.3 is 0 Å². The van der Waals surface area contributed by atoms with Crippen LogP contribution in [-0.4, -0.2) is 5.78 Å². The minimum Gasteiger partial charge on any atom is -0.294 e. The lowest BCUT2D eigenvalue weighted by Gasteiger charge is -2.35. The Kier molecular flexibility index (Phi) is 2.39. The summed E-state index contributed by atoms with van der Waals surface area (Å²) in [4.78, 5) is 12.4. The van der Waals surface area contributed by atoms with Crippen molar-refractivity contribution in [1.29, 1.82) is 0 Å². The van der Waals surface area contributed by atoms with Crippen molar-refractivity contribution in [2.24, 2.45) is 5.41 Å². The first-order valence-corrected chi connectivity index (χ1v) is 6.74. The van der Waals surface area contributed by atoms with E-state index in [0.29, 0.717) is 11.2 Å². The monoisotopic (exact) mass is 228 g/mol. The summed E-state index contributed by atoms with van der Waals surface area (Å²) >= 11 is 0. The molecule has 0 aliphatic heterocycles. The number of ketones is 1. The number of benzene rings is 1. The highest BCUT2D eigenvalue weighted by Crippen LogP contribution is 2.48. The number of aryl methyl sites for hydroxylation is 2. The molecule has 90 valence electrons. The van der Waals surface area contributed by atoms with Gasteiger partial charge in [0.05, 0.1) is 0 Å². The van der Waals surface area contributed by atoms with E-state index in [2.05, 4.69) is 26.0 Å². The van der Waals surface area contributed by atoms with Gasteiger partial charge in [-0.15, -0.1) is 0 Å². The minimum absolute atomic E-state index is 0.322. The van der Waals surface area contributed by atoms with Gasteiger partial charge in [0.1, 0.15) is 0 Å². The van der Waals surface area contributed by atoms with Gasteiger partial charge in [-0.2, -0.15) is 0 Å². The lowest BCUT2D eigenvalue weighted by molar-refractivity contribution is 0.0887. The van der Waals surface area contributed by atoms with Crippen LogP contribution in [0.15, 0.2) is 12.1 Å². The Morgan fingerprint density at radius 1 is 1.00 bits per heavy atom. The van der Waals surface area contributed by atoms with Crippen molar-refractivity contribution in [3.63, 3.8) is 0 Å². The highest BCUT2D eigenvalue weighted by Gasteiger charge is 2.41. The number of carbonyl (C=O) groups is 1. The quantitative estimate of drug-likeness (QED) is 0.656. The van der Waals surface area contributed by atoms with Gasteiger partial charge in [-0.25, -0.2) is 0 Å². The fraction of sp³-hybridized carbons (Fsp3) is 0.562. The molecule has 2 aliphatic rings. The minimum atomic E-state index is 0.322. The van der Waals surface area contributed by atoms with Crippen LogP contribution in [0, 0.1) is 19.3 Å². The Bertz CT molecular complexity index is 479. The van der Waals surface area contributed by atoms with Gasteiger partial charge in [0.2, 0.25) is 0 Å². The summed E-state index contributed by atoms with van der Waals surface area (Å²) in [5.41, 5.74) is 5.20. The normalized spacial score (nSPS) is 21.9. The molecule has 0 N–H and O–H groups in total. The van der Waals surface area contributed by atoms with Crippen molar-refractivity contribution in [3.8, 4) is 0 Å². The highest BCUT2D eigenvalue weighted by atomic mass is 16.1. The topological polar surface area (TPSA) is 17.1 Å². The van der Waals surface area contributed by atoms with Gasteiger partial charge in [0, 0.05) is 12.0 Å². The summed E-state index contributed by atoms with van der Waals surface area (Å²) < 4.78 is 0. The lowest BCUT2D eigenvalue weighted by Crippen LogP contribution is -2.31. The van der Waals surface area contributed by atoms with Crippen LogP contribution in [0.25, 0.3) is 0 Å². The molecule has 1 heteroatoms. The Hall–Kier alpha value is -1.11. The molecule has 1 saturated carbocycles. The molecule has 1 fully saturated rings. The molecule has 0 saturated heterocycles. The van der Waals surface area contributed by atoms with Gasteiger partial charge in [-0.05, 0) is 55.2 Å².